The summed E-state index contributed by atoms with van der Waals surface area (Å²) in [6.45, 7) is 12.5. The van der Waals surface area contributed by atoms with E-state index in [1.54, 1.807) is 0 Å². The topological polar surface area (TPSA) is 24.5 Å². The number of hydrogen-bond acceptors (Lipinski definition) is 3. The van der Waals surface area contributed by atoms with Crippen LogP contribution in [0.25, 0.3) is 0 Å². The third-order valence-electron chi connectivity index (χ3n) is 3.55. The molecule has 1 rings (SSSR count). The summed E-state index contributed by atoms with van der Waals surface area (Å²) >= 11 is 0. The fraction of sp³-hybridized carbons (Fsp3) is 0.647. The molecular formula is C17H30N2O. The normalized spacial score (nSPS) is 12.8. The highest BCUT2D eigenvalue weighted by Gasteiger charge is 2.11. The number of nitrogens with zero attached hydrogens (tertiary/aromatic N) is 1. The first-order valence-electron chi connectivity index (χ1n) is 7.91. The van der Waals surface area contributed by atoms with Crippen molar-refractivity contribution in [3.05, 3.63) is 35.9 Å². The number of benzene rings is 1. The van der Waals surface area contributed by atoms with Gasteiger partial charge in [-0.05, 0) is 31.6 Å². The molecule has 0 aliphatic rings. The monoisotopic (exact) mass is 278 g/mol. The smallest absolute Gasteiger partial charge is 0.0949 e. The summed E-state index contributed by atoms with van der Waals surface area (Å²) < 4.78 is 6.10. The molecule has 0 bridgehead atoms. The highest BCUT2D eigenvalue weighted by atomic mass is 16.5. The molecule has 1 N–H and O–H groups in total. The molecule has 0 spiro atoms. The van der Waals surface area contributed by atoms with Crippen molar-refractivity contribution >= 4 is 0 Å². The van der Waals surface area contributed by atoms with Gasteiger partial charge >= 0.3 is 0 Å². The van der Waals surface area contributed by atoms with E-state index in [0.29, 0.717) is 0 Å². The maximum atomic E-state index is 6.10. The predicted octanol–water partition coefficient (Wildman–Crippen LogP) is 3.09. The molecule has 0 fully saturated rings. The van der Waals surface area contributed by atoms with E-state index in [1.807, 2.05) is 0 Å². The van der Waals surface area contributed by atoms with Crippen molar-refractivity contribution in [2.45, 2.75) is 33.3 Å². The number of hydrogen-bond donors (Lipinski definition) is 1. The minimum absolute atomic E-state index is 0.151. The van der Waals surface area contributed by atoms with E-state index in [-0.39, 0.29) is 6.10 Å². The summed E-state index contributed by atoms with van der Waals surface area (Å²) in [5, 5.41) is 3.46. The molecule has 1 atom stereocenters. The fourth-order valence-electron chi connectivity index (χ4n) is 2.21. The lowest BCUT2D eigenvalue weighted by Crippen LogP contribution is -2.30. The van der Waals surface area contributed by atoms with Gasteiger partial charge in [0.25, 0.3) is 0 Å². The first-order chi connectivity index (χ1) is 9.81. The summed E-state index contributed by atoms with van der Waals surface area (Å²) in [4.78, 5) is 2.39. The molecule has 0 amide bonds. The van der Waals surface area contributed by atoms with Gasteiger partial charge in [0.1, 0.15) is 0 Å². The summed E-state index contributed by atoms with van der Waals surface area (Å²) in [6.07, 6.45) is 1.30. The standard InChI is InChI=1S/C17H30N2O/c1-4-12-18-15-17(16-10-8-7-9-11-16)20-14-13-19(5-2)6-3/h7-11,17-18H,4-6,12-15H2,1-3H3. The summed E-state index contributed by atoms with van der Waals surface area (Å²) in [5.74, 6) is 0. The third-order valence-corrected chi connectivity index (χ3v) is 3.55. The Bertz CT molecular complexity index is 325. The van der Waals surface area contributed by atoms with Crippen molar-refractivity contribution in [3.63, 3.8) is 0 Å². The Morgan fingerprint density at radius 2 is 1.80 bits per heavy atom. The zero-order valence-corrected chi connectivity index (χ0v) is 13.3. The highest BCUT2D eigenvalue weighted by molar-refractivity contribution is 5.17. The molecule has 1 aromatic rings. The minimum Gasteiger partial charge on any atom is -0.371 e. The van der Waals surface area contributed by atoms with Crippen LogP contribution >= 0.6 is 0 Å². The van der Waals surface area contributed by atoms with Crippen molar-refractivity contribution < 1.29 is 4.74 Å². The second-order valence-electron chi connectivity index (χ2n) is 5.00. The van der Waals surface area contributed by atoms with Crippen LogP contribution in [0.4, 0.5) is 0 Å². The van der Waals surface area contributed by atoms with Gasteiger partial charge < -0.3 is 15.0 Å². The highest BCUT2D eigenvalue weighted by Crippen LogP contribution is 2.16. The molecular weight excluding hydrogens is 248 g/mol. The Kier molecular flexibility index (Phi) is 9.29. The van der Waals surface area contributed by atoms with Gasteiger partial charge in [-0.3, -0.25) is 0 Å². The molecule has 1 aromatic carbocycles. The fourth-order valence-corrected chi connectivity index (χ4v) is 2.21. The maximum absolute atomic E-state index is 6.10. The van der Waals surface area contributed by atoms with E-state index in [4.69, 9.17) is 4.74 Å². The van der Waals surface area contributed by atoms with Crippen molar-refractivity contribution in [1.82, 2.24) is 10.2 Å². The first-order valence-corrected chi connectivity index (χ1v) is 7.91. The van der Waals surface area contributed by atoms with E-state index in [9.17, 15) is 0 Å². The molecule has 3 heteroatoms. The van der Waals surface area contributed by atoms with Gasteiger partial charge in [0.2, 0.25) is 0 Å². The van der Waals surface area contributed by atoms with Crippen molar-refractivity contribution in [2.24, 2.45) is 0 Å². The van der Waals surface area contributed by atoms with Crippen LogP contribution in [0.2, 0.25) is 0 Å². The molecule has 0 heterocycles. The van der Waals surface area contributed by atoms with E-state index in [1.165, 1.54) is 5.56 Å². The van der Waals surface area contributed by atoms with Crippen LogP contribution < -0.4 is 5.32 Å². The second-order valence-corrected chi connectivity index (χ2v) is 5.00. The average molecular weight is 278 g/mol. The molecule has 0 radical (unpaired) electrons. The van der Waals surface area contributed by atoms with Crippen molar-refractivity contribution in [1.29, 1.82) is 0 Å². The lowest BCUT2D eigenvalue weighted by atomic mass is 10.1. The maximum Gasteiger partial charge on any atom is 0.0949 e. The lowest BCUT2D eigenvalue weighted by molar-refractivity contribution is 0.0383. The second kappa shape index (κ2) is 10.8. The minimum atomic E-state index is 0.151. The number of likely N-dealkylation sites (N-methyl/N-ethyl adjacent to an activating group) is 1. The summed E-state index contributed by atoms with van der Waals surface area (Å²) in [6, 6.07) is 10.5. The molecule has 0 saturated heterocycles. The molecule has 0 saturated carbocycles. The predicted molar refractivity (Wildman–Crippen MR) is 86.1 cm³/mol. The van der Waals surface area contributed by atoms with Gasteiger partial charge in [0.15, 0.2) is 0 Å². The van der Waals surface area contributed by atoms with Crippen LogP contribution in [0.15, 0.2) is 30.3 Å². The zero-order chi connectivity index (χ0) is 14.6. The van der Waals surface area contributed by atoms with Crippen LogP contribution in [0, 0.1) is 0 Å². The Morgan fingerprint density at radius 1 is 1.10 bits per heavy atom. The van der Waals surface area contributed by atoms with Gasteiger partial charge in [-0.25, -0.2) is 0 Å². The van der Waals surface area contributed by atoms with E-state index in [0.717, 1.165) is 45.8 Å². The van der Waals surface area contributed by atoms with Crippen LogP contribution in [-0.4, -0.2) is 44.2 Å². The largest absolute Gasteiger partial charge is 0.371 e. The van der Waals surface area contributed by atoms with E-state index >= 15 is 0 Å². The number of ether oxygens (including phenoxy) is 1. The molecule has 3 nitrogen and oxygen atoms in total. The van der Waals surface area contributed by atoms with Gasteiger partial charge in [0.05, 0.1) is 12.7 Å². The van der Waals surface area contributed by atoms with Crippen LogP contribution in [0.1, 0.15) is 38.9 Å². The molecule has 114 valence electrons. The Labute approximate surface area is 124 Å². The van der Waals surface area contributed by atoms with E-state index in [2.05, 4.69) is 61.3 Å². The average Bonchev–Trinajstić information content (AvgIpc) is 2.51. The molecule has 0 aliphatic heterocycles. The lowest BCUT2D eigenvalue weighted by Gasteiger charge is -2.22. The number of nitrogens with one attached hydrogen (secondary N) is 1. The molecule has 1 unspecified atom stereocenters. The summed E-state index contributed by atoms with van der Waals surface area (Å²) in [5.41, 5.74) is 1.26. The first kappa shape index (κ1) is 17.2. The quantitative estimate of drug-likeness (QED) is 0.630. The SMILES string of the molecule is CCCNCC(OCCN(CC)CC)c1ccccc1. The molecule has 0 aromatic heterocycles. The summed E-state index contributed by atoms with van der Waals surface area (Å²) in [7, 11) is 0. The Morgan fingerprint density at radius 3 is 2.40 bits per heavy atom. The van der Waals surface area contributed by atoms with Gasteiger partial charge in [-0.1, -0.05) is 51.1 Å². The number of rotatable bonds is 11. The van der Waals surface area contributed by atoms with Crippen LogP contribution in [0.5, 0.6) is 0 Å². The van der Waals surface area contributed by atoms with Crippen LogP contribution in [-0.2, 0) is 4.74 Å². The molecule has 20 heavy (non-hydrogen) atoms. The van der Waals surface area contributed by atoms with Gasteiger partial charge in [0, 0.05) is 13.1 Å². The van der Waals surface area contributed by atoms with Gasteiger partial charge in [-0.15, -0.1) is 0 Å². The Balaban J connectivity index is 2.46. The third kappa shape index (κ3) is 6.51. The van der Waals surface area contributed by atoms with Crippen LogP contribution in [0.3, 0.4) is 0 Å². The zero-order valence-electron chi connectivity index (χ0n) is 13.3. The van der Waals surface area contributed by atoms with E-state index < -0.39 is 0 Å². The van der Waals surface area contributed by atoms with Crippen molar-refractivity contribution in [2.75, 3.05) is 39.3 Å². The Hall–Kier alpha value is -0.900. The van der Waals surface area contributed by atoms with Crippen molar-refractivity contribution in [3.8, 4) is 0 Å². The molecule has 0 aliphatic carbocycles. The van der Waals surface area contributed by atoms with Gasteiger partial charge in [-0.2, -0.15) is 0 Å².